The highest BCUT2D eigenvalue weighted by molar-refractivity contribution is 7.43. The summed E-state index contributed by atoms with van der Waals surface area (Å²) in [6.45, 7) is 3.89. The topological polar surface area (TPSA) is 131 Å². The fraction of sp³-hybridized carbons (Fsp3) is 0.263. The summed E-state index contributed by atoms with van der Waals surface area (Å²) in [4.78, 5) is 22.4. The van der Waals surface area contributed by atoms with Gasteiger partial charge in [-0.05, 0) is 43.2 Å². The zero-order valence-corrected chi connectivity index (χ0v) is 17.9. The molecule has 0 aliphatic carbocycles. The maximum Gasteiger partial charge on any atom is 0.203 e. The summed E-state index contributed by atoms with van der Waals surface area (Å²) in [5.41, 5.74) is 3.60. The van der Waals surface area contributed by atoms with Gasteiger partial charge in [0.2, 0.25) is 5.75 Å². The third-order valence-electron chi connectivity index (χ3n) is 4.57. The summed E-state index contributed by atoms with van der Waals surface area (Å²) < 4.78 is 33.2. The normalized spacial score (nSPS) is 11.3. The van der Waals surface area contributed by atoms with Crippen molar-refractivity contribution in [1.29, 1.82) is 0 Å². The Hall–Kier alpha value is -3.07. The molecule has 10 nitrogen and oxygen atoms in total. The van der Waals surface area contributed by atoms with E-state index in [0.717, 1.165) is 11.1 Å². The van der Waals surface area contributed by atoms with E-state index in [2.05, 4.69) is 14.8 Å². The van der Waals surface area contributed by atoms with Crippen molar-refractivity contribution in [3.63, 3.8) is 0 Å². The van der Waals surface area contributed by atoms with Crippen LogP contribution in [0.4, 0.5) is 0 Å². The van der Waals surface area contributed by atoms with Gasteiger partial charge >= 0.3 is 0 Å². The Labute approximate surface area is 173 Å². The van der Waals surface area contributed by atoms with Gasteiger partial charge in [-0.3, -0.25) is 0 Å². The van der Waals surface area contributed by atoms with Crippen molar-refractivity contribution >= 4 is 7.82 Å². The number of nitrogens with zero attached hydrogens (tertiary/aromatic N) is 3. The van der Waals surface area contributed by atoms with Crippen molar-refractivity contribution in [3.05, 3.63) is 41.6 Å². The molecule has 2 aromatic carbocycles. The van der Waals surface area contributed by atoms with Gasteiger partial charge in [0.1, 0.15) is 13.6 Å². The lowest BCUT2D eigenvalue weighted by atomic mass is 10.1. The highest BCUT2D eigenvalue weighted by Gasteiger charge is 2.19. The van der Waals surface area contributed by atoms with Gasteiger partial charge < -0.3 is 33.1 Å². The van der Waals surface area contributed by atoms with Crippen LogP contribution in [0.1, 0.15) is 11.1 Å². The second-order valence-electron chi connectivity index (χ2n) is 6.37. The molecule has 0 radical (unpaired) electrons. The van der Waals surface area contributed by atoms with E-state index in [1.54, 1.807) is 17.9 Å². The van der Waals surface area contributed by atoms with Crippen LogP contribution in [0.15, 0.2) is 30.5 Å². The molecular formula is C19H20N3O7P-2. The molecule has 0 saturated carbocycles. The number of benzene rings is 2. The molecule has 160 valence electrons. The van der Waals surface area contributed by atoms with Crippen molar-refractivity contribution in [2.24, 2.45) is 0 Å². The molecule has 0 saturated heterocycles. The molecule has 0 fully saturated rings. The molecule has 0 bridgehead atoms. The first kappa shape index (κ1) is 21.6. The number of ether oxygens (including phenoxy) is 3. The number of rotatable bonds is 7. The Kier molecular flexibility index (Phi) is 6.02. The van der Waals surface area contributed by atoms with E-state index in [4.69, 9.17) is 14.2 Å². The van der Waals surface area contributed by atoms with Gasteiger partial charge in [-0.25, -0.2) is 4.68 Å². The molecule has 0 amide bonds. The molecule has 3 rings (SSSR count). The first-order chi connectivity index (χ1) is 14.2. The molecule has 11 heteroatoms. The smallest absolute Gasteiger partial charge is 0.203 e. The number of hydrogen-bond acceptors (Lipinski definition) is 9. The molecule has 0 unspecified atom stereocenters. The maximum atomic E-state index is 11.2. The van der Waals surface area contributed by atoms with Gasteiger partial charge in [0, 0.05) is 11.6 Å². The molecule has 1 heterocycles. The number of methoxy groups -OCH3 is 3. The standard InChI is InChI=1S/C19H22N3O7P/c1-11-6-14(9-16(26-3)12(11)2)22-15(10-20-21-22)13-7-17(27-4)19(28-5)18(8-13)29-30(23,24)25/h6-10H,1-5H3,(H2,23,24,25)/p-2. The molecular weight excluding hydrogens is 413 g/mol. The molecule has 0 spiro atoms. The Morgan fingerprint density at radius 2 is 1.60 bits per heavy atom. The van der Waals surface area contributed by atoms with Crippen LogP contribution in [0, 0.1) is 13.8 Å². The summed E-state index contributed by atoms with van der Waals surface area (Å²) in [7, 11) is -1.08. The third-order valence-corrected chi connectivity index (χ3v) is 4.99. The highest BCUT2D eigenvalue weighted by atomic mass is 31.2. The Balaban J connectivity index is 2.19. The minimum atomic E-state index is -5.34. The number of phosphoric ester groups is 1. The van der Waals surface area contributed by atoms with E-state index in [0.29, 0.717) is 22.7 Å². The Morgan fingerprint density at radius 3 is 2.20 bits per heavy atom. The first-order valence-electron chi connectivity index (χ1n) is 8.73. The lowest BCUT2D eigenvalue weighted by Crippen LogP contribution is -2.19. The van der Waals surface area contributed by atoms with Gasteiger partial charge in [0.25, 0.3) is 0 Å². The number of hydrogen-bond donors (Lipinski definition) is 0. The predicted octanol–water partition coefficient (Wildman–Crippen LogP) is 1.78. The van der Waals surface area contributed by atoms with E-state index >= 15 is 0 Å². The van der Waals surface area contributed by atoms with E-state index < -0.39 is 7.82 Å². The fourth-order valence-corrected chi connectivity index (χ4v) is 3.41. The molecule has 30 heavy (non-hydrogen) atoms. The largest absolute Gasteiger partial charge is 0.780 e. The zero-order valence-electron chi connectivity index (χ0n) is 17.0. The number of phosphoric acid groups is 1. The zero-order chi connectivity index (χ0) is 22.1. The van der Waals surface area contributed by atoms with Crippen LogP contribution in [0.25, 0.3) is 16.9 Å². The first-order valence-corrected chi connectivity index (χ1v) is 10.2. The second kappa shape index (κ2) is 8.35. The van der Waals surface area contributed by atoms with Crippen LogP contribution in [-0.4, -0.2) is 36.3 Å². The van der Waals surface area contributed by atoms with Gasteiger partial charge in [-0.1, -0.05) is 5.21 Å². The minimum Gasteiger partial charge on any atom is -0.780 e. The third kappa shape index (κ3) is 4.25. The summed E-state index contributed by atoms with van der Waals surface area (Å²) in [6.07, 6.45) is 1.49. The SMILES string of the molecule is COc1cc(-n2nncc2-c2cc(OC)c(OC)c(OP(=O)([O-])[O-])c2)cc(C)c1C. The quantitative estimate of drug-likeness (QED) is 0.512. The van der Waals surface area contributed by atoms with E-state index in [9.17, 15) is 14.4 Å². The van der Waals surface area contributed by atoms with E-state index in [1.807, 2.05) is 26.0 Å². The van der Waals surface area contributed by atoms with Crippen molar-refractivity contribution in [2.45, 2.75) is 13.8 Å². The van der Waals surface area contributed by atoms with Crippen LogP contribution < -0.4 is 28.5 Å². The minimum absolute atomic E-state index is 0.0277. The Bertz CT molecular complexity index is 1120. The highest BCUT2D eigenvalue weighted by Crippen LogP contribution is 2.45. The summed E-state index contributed by atoms with van der Waals surface area (Å²) in [5, 5.41) is 8.10. The van der Waals surface area contributed by atoms with Crippen LogP contribution in [0.3, 0.4) is 0 Å². The summed E-state index contributed by atoms with van der Waals surface area (Å²) in [6, 6.07) is 6.66. The summed E-state index contributed by atoms with van der Waals surface area (Å²) in [5.74, 6) is 0.524. The van der Waals surface area contributed by atoms with E-state index in [1.165, 1.54) is 26.5 Å². The summed E-state index contributed by atoms with van der Waals surface area (Å²) >= 11 is 0. The molecule has 0 N–H and O–H groups in total. The molecule has 1 aromatic heterocycles. The van der Waals surface area contributed by atoms with Crippen molar-refractivity contribution in [3.8, 4) is 39.9 Å². The lowest BCUT2D eigenvalue weighted by molar-refractivity contribution is -0.333. The number of aromatic nitrogens is 3. The van der Waals surface area contributed by atoms with Crippen molar-refractivity contribution < 1.29 is 33.1 Å². The second-order valence-corrected chi connectivity index (χ2v) is 7.45. The van der Waals surface area contributed by atoms with Gasteiger partial charge in [-0.2, -0.15) is 0 Å². The molecule has 3 aromatic rings. The van der Waals surface area contributed by atoms with Gasteiger partial charge in [0.15, 0.2) is 11.5 Å². The van der Waals surface area contributed by atoms with Crippen LogP contribution >= 0.6 is 7.82 Å². The fourth-order valence-electron chi connectivity index (χ4n) is 3.03. The van der Waals surface area contributed by atoms with Crippen LogP contribution in [0.5, 0.6) is 23.0 Å². The average molecular weight is 433 g/mol. The van der Waals surface area contributed by atoms with Crippen LogP contribution in [0.2, 0.25) is 0 Å². The molecule has 0 aliphatic heterocycles. The van der Waals surface area contributed by atoms with E-state index in [-0.39, 0.29) is 17.2 Å². The van der Waals surface area contributed by atoms with Gasteiger partial charge in [0.05, 0.1) is 38.9 Å². The maximum absolute atomic E-state index is 11.2. The van der Waals surface area contributed by atoms with Crippen LogP contribution in [-0.2, 0) is 4.57 Å². The predicted molar refractivity (Wildman–Crippen MR) is 104 cm³/mol. The average Bonchev–Trinajstić information content (AvgIpc) is 3.18. The van der Waals surface area contributed by atoms with Gasteiger partial charge in [-0.15, -0.1) is 5.10 Å². The lowest BCUT2D eigenvalue weighted by Gasteiger charge is -2.30. The molecule has 0 aliphatic rings. The monoisotopic (exact) mass is 433 g/mol. The van der Waals surface area contributed by atoms with Crippen molar-refractivity contribution in [2.75, 3.05) is 21.3 Å². The molecule has 0 atom stereocenters. The Morgan fingerprint density at radius 1 is 0.933 bits per heavy atom. The number of aryl methyl sites for hydroxylation is 1. The van der Waals surface area contributed by atoms with Crippen molar-refractivity contribution in [1.82, 2.24) is 15.0 Å².